The van der Waals surface area contributed by atoms with Crippen LogP contribution >= 0.6 is 34.7 Å². The molecule has 1 N–H and O–H groups in total. The number of hydrogen-bond donors (Lipinski definition) is 1. The molecule has 1 atom stereocenters. The first-order valence-electron chi connectivity index (χ1n) is 12.3. The number of hydrogen-bond acceptors (Lipinski definition) is 5. The summed E-state index contributed by atoms with van der Waals surface area (Å²) in [5, 5.41) is 3.20. The minimum absolute atomic E-state index is 0.0276. The molecule has 1 aliphatic rings. The van der Waals surface area contributed by atoms with E-state index in [1.54, 1.807) is 36.4 Å². The van der Waals surface area contributed by atoms with E-state index >= 15 is 0 Å². The van der Waals surface area contributed by atoms with Crippen molar-refractivity contribution < 1.29 is 18.7 Å². The lowest BCUT2D eigenvalue weighted by molar-refractivity contribution is -0.127. The minimum atomic E-state index is -0.994. The van der Waals surface area contributed by atoms with Gasteiger partial charge in [-0.1, -0.05) is 66.7 Å². The fourth-order valence-electron chi connectivity index (χ4n) is 4.51. The SMILES string of the molecule is CCOc1ccc(C(C(=O)NC2CCCCC2)N(Cc2ccc(F)cc2)C(=O)c2nsc(Cl)c2Cl)cc1. The molecule has 0 radical (unpaired) electrons. The van der Waals surface area contributed by atoms with Crippen LogP contribution in [-0.4, -0.2) is 33.7 Å². The number of amides is 2. The molecule has 1 unspecified atom stereocenters. The molecule has 37 heavy (non-hydrogen) atoms. The summed E-state index contributed by atoms with van der Waals surface area (Å²) < 4.78 is 23.5. The third-order valence-electron chi connectivity index (χ3n) is 6.35. The maximum Gasteiger partial charge on any atom is 0.276 e. The first-order valence-corrected chi connectivity index (χ1v) is 13.8. The Balaban J connectivity index is 1.76. The topological polar surface area (TPSA) is 71.5 Å². The van der Waals surface area contributed by atoms with Gasteiger partial charge in [0, 0.05) is 12.6 Å². The Kier molecular flexibility index (Phi) is 9.40. The number of aromatic nitrogens is 1. The van der Waals surface area contributed by atoms with Gasteiger partial charge in [0.2, 0.25) is 5.91 Å². The van der Waals surface area contributed by atoms with Gasteiger partial charge < -0.3 is 15.0 Å². The van der Waals surface area contributed by atoms with Gasteiger partial charge in [0.05, 0.1) is 6.61 Å². The van der Waals surface area contributed by atoms with Gasteiger partial charge in [0.15, 0.2) is 5.69 Å². The fourth-order valence-corrected chi connectivity index (χ4v) is 5.50. The molecule has 1 heterocycles. The molecule has 1 saturated carbocycles. The predicted octanol–water partition coefficient (Wildman–Crippen LogP) is 6.82. The van der Waals surface area contributed by atoms with E-state index in [9.17, 15) is 14.0 Å². The number of carbonyl (C=O) groups is 2. The molecular weight excluding hydrogens is 536 g/mol. The Morgan fingerprint density at radius 2 is 1.78 bits per heavy atom. The van der Waals surface area contributed by atoms with Crippen LogP contribution in [0.5, 0.6) is 5.75 Å². The molecule has 6 nitrogen and oxygen atoms in total. The van der Waals surface area contributed by atoms with E-state index in [0.717, 1.165) is 43.6 Å². The van der Waals surface area contributed by atoms with Crippen LogP contribution < -0.4 is 10.1 Å². The van der Waals surface area contributed by atoms with Crippen LogP contribution in [0.4, 0.5) is 4.39 Å². The first-order chi connectivity index (χ1) is 17.9. The number of nitrogens with zero attached hydrogens (tertiary/aromatic N) is 2. The molecule has 196 valence electrons. The van der Waals surface area contributed by atoms with Crippen molar-refractivity contribution in [2.75, 3.05) is 6.61 Å². The standard InChI is InChI=1S/C27H28Cl2FN3O3S/c1-2-36-21-14-10-18(11-15-21)24(26(34)31-20-6-4-3-5-7-20)33(16-17-8-12-19(30)13-9-17)27(35)23-22(28)25(29)37-32-23/h8-15,20,24H,2-7,16H2,1H3,(H,31,34). The number of halogens is 3. The second kappa shape index (κ2) is 12.7. The fraction of sp³-hybridized carbons (Fsp3) is 0.370. The molecule has 1 aromatic heterocycles. The van der Waals surface area contributed by atoms with Crippen LogP contribution in [0.3, 0.4) is 0 Å². The van der Waals surface area contributed by atoms with Crippen LogP contribution in [0, 0.1) is 5.82 Å². The first kappa shape index (κ1) is 27.4. The molecule has 0 aliphatic heterocycles. The third-order valence-corrected chi connectivity index (χ3v) is 7.96. The largest absolute Gasteiger partial charge is 0.494 e. The highest BCUT2D eigenvalue weighted by Crippen LogP contribution is 2.34. The van der Waals surface area contributed by atoms with E-state index in [0.29, 0.717) is 23.5 Å². The summed E-state index contributed by atoms with van der Waals surface area (Å²) in [5.41, 5.74) is 1.22. The lowest BCUT2D eigenvalue weighted by atomic mass is 9.94. The van der Waals surface area contributed by atoms with Gasteiger partial charge in [-0.15, -0.1) is 0 Å². The zero-order valence-corrected chi connectivity index (χ0v) is 22.7. The molecule has 1 aliphatic carbocycles. The molecule has 2 amide bonds. The summed E-state index contributed by atoms with van der Waals surface area (Å²) in [6, 6.07) is 11.9. The number of nitrogens with one attached hydrogen (secondary N) is 1. The number of benzene rings is 2. The normalized spacial score (nSPS) is 14.7. The molecule has 0 spiro atoms. The number of ether oxygens (including phenoxy) is 1. The van der Waals surface area contributed by atoms with Crippen LogP contribution in [0.1, 0.15) is 66.7 Å². The molecule has 4 rings (SSSR count). The Labute approximate surface area is 229 Å². The van der Waals surface area contributed by atoms with Gasteiger partial charge in [-0.05, 0) is 66.7 Å². The Hall–Kier alpha value is -2.68. The minimum Gasteiger partial charge on any atom is -0.494 e. The monoisotopic (exact) mass is 563 g/mol. The summed E-state index contributed by atoms with van der Waals surface area (Å²) in [6.45, 7) is 2.42. The van der Waals surface area contributed by atoms with Gasteiger partial charge in [-0.3, -0.25) is 9.59 Å². The van der Waals surface area contributed by atoms with Crippen molar-refractivity contribution >= 4 is 46.5 Å². The molecule has 3 aromatic rings. The number of rotatable bonds is 9. The van der Waals surface area contributed by atoms with Crippen molar-refractivity contribution in [3.05, 3.63) is 80.5 Å². The zero-order valence-electron chi connectivity index (χ0n) is 20.4. The van der Waals surface area contributed by atoms with Gasteiger partial charge in [-0.2, -0.15) is 4.37 Å². The molecule has 1 fully saturated rings. The number of carbonyl (C=O) groups excluding carboxylic acids is 2. The summed E-state index contributed by atoms with van der Waals surface area (Å²) in [7, 11) is 0. The predicted molar refractivity (Wildman–Crippen MR) is 144 cm³/mol. The summed E-state index contributed by atoms with van der Waals surface area (Å²) >= 11 is 13.3. The van der Waals surface area contributed by atoms with Crippen molar-refractivity contribution in [3.63, 3.8) is 0 Å². The van der Waals surface area contributed by atoms with Crippen LogP contribution in [0.2, 0.25) is 9.36 Å². The highest BCUT2D eigenvalue weighted by atomic mass is 35.5. The maximum absolute atomic E-state index is 13.9. The van der Waals surface area contributed by atoms with Crippen LogP contribution in [-0.2, 0) is 11.3 Å². The zero-order chi connectivity index (χ0) is 26.4. The Morgan fingerprint density at radius 1 is 1.11 bits per heavy atom. The highest BCUT2D eigenvalue weighted by molar-refractivity contribution is 7.11. The molecular formula is C27H28Cl2FN3O3S. The van der Waals surface area contributed by atoms with E-state index in [1.165, 1.54) is 17.0 Å². The second-order valence-electron chi connectivity index (χ2n) is 8.93. The quantitative estimate of drug-likeness (QED) is 0.310. The van der Waals surface area contributed by atoms with Crippen molar-refractivity contribution in [3.8, 4) is 5.75 Å². The molecule has 2 aromatic carbocycles. The smallest absolute Gasteiger partial charge is 0.276 e. The maximum atomic E-state index is 13.9. The van der Waals surface area contributed by atoms with Crippen molar-refractivity contribution in [2.24, 2.45) is 0 Å². The van der Waals surface area contributed by atoms with Gasteiger partial charge >= 0.3 is 0 Å². The average Bonchev–Trinajstić information content (AvgIpc) is 3.24. The Bertz CT molecular complexity index is 1210. The molecule has 0 saturated heterocycles. The summed E-state index contributed by atoms with van der Waals surface area (Å²) in [6.07, 6.45) is 5.02. The molecule has 10 heteroatoms. The lowest BCUT2D eigenvalue weighted by Gasteiger charge is -2.33. The van der Waals surface area contributed by atoms with Crippen molar-refractivity contribution in [1.29, 1.82) is 0 Å². The second-order valence-corrected chi connectivity index (χ2v) is 10.7. The van der Waals surface area contributed by atoms with E-state index in [-0.39, 0.29) is 33.5 Å². The summed E-state index contributed by atoms with van der Waals surface area (Å²) in [4.78, 5) is 29.2. The highest BCUT2D eigenvalue weighted by Gasteiger charge is 2.35. The van der Waals surface area contributed by atoms with Crippen molar-refractivity contribution in [2.45, 2.75) is 57.7 Å². The third kappa shape index (κ3) is 6.80. The van der Waals surface area contributed by atoms with E-state index in [2.05, 4.69) is 9.69 Å². The van der Waals surface area contributed by atoms with E-state index in [4.69, 9.17) is 27.9 Å². The molecule has 0 bridgehead atoms. The van der Waals surface area contributed by atoms with Gasteiger partial charge in [-0.25, -0.2) is 4.39 Å². The van der Waals surface area contributed by atoms with Crippen molar-refractivity contribution in [1.82, 2.24) is 14.6 Å². The van der Waals surface area contributed by atoms with Crippen LogP contribution in [0.15, 0.2) is 48.5 Å². The Morgan fingerprint density at radius 3 is 2.38 bits per heavy atom. The van der Waals surface area contributed by atoms with E-state index in [1.807, 2.05) is 6.92 Å². The van der Waals surface area contributed by atoms with Crippen LogP contribution in [0.25, 0.3) is 0 Å². The lowest BCUT2D eigenvalue weighted by Crippen LogP contribution is -2.47. The summed E-state index contributed by atoms with van der Waals surface area (Å²) in [5.74, 6) is -0.586. The van der Waals surface area contributed by atoms with E-state index < -0.39 is 17.8 Å². The average molecular weight is 565 g/mol. The van der Waals surface area contributed by atoms with Gasteiger partial charge in [0.1, 0.15) is 27.0 Å². The van der Waals surface area contributed by atoms with Gasteiger partial charge in [0.25, 0.3) is 5.91 Å².